The summed E-state index contributed by atoms with van der Waals surface area (Å²) in [6, 6.07) is 10.9. The quantitative estimate of drug-likeness (QED) is 0.850. The molecular formula is C17H20ClNO. The molecule has 1 heterocycles. The fourth-order valence-corrected chi connectivity index (χ4v) is 2.81. The Morgan fingerprint density at radius 2 is 2.10 bits per heavy atom. The number of fused-ring (bicyclic) bond motifs is 1. The fraction of sp³-hybridized carbons (Fsp3) is 0.353. The summed E-state index contributed by atoms with van der Waals surface area (Å²) in [7, 11) is 0. The Bertz CT molecular complexity index is 556. The molecule has 1 aliphatic carbocycles. The van der Waals surface area contributed by atoms with Gasteiger partial charge in [0.15, 0.2) is 0 Å². The van der Waals surface area contributed by atoms with E-state index < -0.39 is 0 Å². The Kier molecular flexibility index (Phi) is 5.16. The van der Waals surface area contributed by atoms with Gasteiger partial charge in [0.1, 0.15) is 0 Å². The predicted molar refractivity (Wildman–Crippen MR) is 84.4 cm³/mol. The maximum atomic E-state index is 5.74. The monoisotopic (exact) mass is 289 g/mol. The molecule has 1 aromatic heterocycles. The van der Waals surface area contributed by atoms with Crippen molar-refractivity contribution in [1.82, 2.24) is 4.98 Å². The van der Waals surface area contributed by atoms with Gasteiger partial charge in [0.05, 0.1) is 6.10 Å². The molecule has 1 atom stereocenters. The summed E-state index contributed by atoms with van der Waals surface area (Å²) in [5.74, 6) is 0. The first-order chi connectivity index (χ1) is 9.36. The summed E-state index contributed by atoms with van der Waals surface area (Å²) >= 11 is 0. The molecule has 1 aromatic carbocycles. The first-order valence-corrected chi connectivity index (χ1v) is 7.00. The van der Waals surface area contributed by atoms with Crippen LogP contribution >= 0.6 is 12.4 Å². The molecule has 3 heteroatoms. The lowest BCUT2D eigenvalue weighted by atomic mass is 9.87. The van der Waals surface area contributed by atoms with Gasteiger partial charge >= 0.3 is 0 Å². The van der Waals surface area contributed by atoms with Crippen LogP contribution in [0.15, 0.2) is 42.7 Å². The zero-order valence-electron chi connectivity index (χ0n) is 11.7. The van der Waals surface area contributed by atoms with Gasteiger partial charge in [-0.2, -0.15) is 0 Å². The van der Waals surface area contributed by atoms with Crippen LogP contribution in [0.4, 0.5) is 0 Å². The maximum absolute atomic E-state index is 5.74. The third-order valence-electron chi connectivity index (χ3n) is 3.79. The van der Waals surface area contributed by atoms with E-state index in [0.29, 0.717) is 6.10 Å². The molecule has 1 unspecified atom stereocenters. The van der Waals surface area contributed by atoms with E-state index in [0.717, 1.165) is 25.9 Å². The van der Waals surface area contributed by atoms with Gasteiger partial charge in [-0.05, 0) is 54.5 Å². The first kappa shape index (κ1) is 15.0. The summed E-state index contributed by atoms with van der Waals surface area (Å²) in [5, 5.41) is 0. The second-order valence-corrected chi connectivity index (χ2v) is 5.05. The molecule has 2 nitrogen and oxygen atoms in total. The number of nitrogens with zero attached hydrogens (tertiary/aromatic N) is 1. The minimum Gasteiger partial charge on any atom is -0.378 e. The predicted octanol–water partition coefficient (Wildman–Crippen LogP) is 4.06. The number of aryl methyl sites for hydroxylation is 1. The Hall–Kier alpha value is -1.38. The summed E-state index contributed by atoms with van der Waals surface area (Å²) in [6.07, 6.45) is 7.45. The lowest BCUT2D eigenvalue weighted by Crippen LogP contribution is -2.22. The minimum absolute atomic E-state index is 0. The third-order valence-corrected chi connectivity index (χ3v) is 3.79. The van der Waals surface area contributed by atoms with Crippen molar-refractivity contribution in [2.75, 3.05) is 6.61 Å². The van der Waals surface area contributed by atoms with E-state index in [1.165, 1.54) is 22.3 Å². The van der Waals surface area contributed by atoms with Gasteiger partial charge in [-0.3, -0.25) is 4.98 Å². The molecule has 20 heavy (non-hydrogen) atoms. The molecule has 2 aromatic rings. The van der Waals surface area contributed by atoms with Crippen molar-refractivity contribution in [3.8, 4) is 11.1 Å². The van der Waals surface area contributed by atoms with Crippen molar-refractivity contribution in [3.63, 3.8) is 0 Å². The van der Waals surface area contributed by atoms with Gasteiger partial charge < -0.3 is 4.74 Å². The van der Waals surface area contributed by atoms with Gasteiger partial charge in [-0.1, -0.05) is 24.3 Å². The minimum atomic E-state index is 0. The summed E-state index contributed by atoms with van der Waals surface area (Å²) in [5.41, 5.74) is 5.37. The lowest BCUT2D eigenvalue weighted by molar-refractivity contribution is 0.0535. The molecule has 0 saturated carbocycles. The average Bonchev–Trinajstić information content (AvgIpc) is 2.48. The van der Waals surface area contributed by atoms with Crippen LogP contribution in [-0.4, -0.2) is 17.7 Å². The Morgan fingerprint density at radius 3 is 2.85 bits per heavy atom. The SMILES string of the molecule is CCOC1CCc2cc(-c3cccnc3)ccc2C1.Cl. The van der Waals surface area contributed by atoms with Crippen LogP contribution in [0.1, 0.15) is 24.5 Å². The second kappa shape index (κ2) is 6.87. The van der Waals surface area contributed by atoms with Gasteiger partial charge in [-0.25, -0.2) is 0 Å². The first-order valence-electron chi connectivity index (χ1n) is 7.00. The van der Waals surface area contributed by atoms with E-state index in [-0.39, 0.29) is 12.4 Å². The highest BCUT2D eigenvalue weighted by molar-refractivity contribution is 5.85. The van der Waals surface area contributed by atoms with E-state index in [1.54, 1.807) is 0 Å². The Balaban J connectivity index is 0.00000147. The highest BCUT2D eigenvalue weighted by atomic mass is 35.5. The molecule has 0 spiro atoms. The van der Waals surface area contributed by atoms with E-state index in [4.69, 9.17) is 4.74 Å². The van der Waals surface area contributed by atoms with E-state index >= 15 is 0 Å². The van der Waals surface area contributed by atoms with Crippen molar-refractivity contribution in [1.29, 1.82) is 0 Å². The van der Waals surface area contributed by atoms with Crippen molar-refractivity contribution < 1.29 is 4.74 Å². The van der Waals surface area contributed by atoms with Gasteiger partial charge in [0, 0.05) is 19.0 Å². The highest BCUT2D eigenvalue weighted by Crippen LogP contribution is 2.28. The average molecular weight is 290 g/mol. The lowest BCUT2D eigenvalue weighted by Gasteiger charge is -2.25. The maximum Gasteiger partial charge on any atom is 0.0618 e. The van der Waals surface area contributed by atoms with Crippen LogP contribution in [-0.2, 0) is 17.6 Å². The number of ether oxygens (including phenoxy) is 1. The van der Waals surface area contributed by atoms with E-state index in [9.17, 15) is 0 Å². The molecule has 1 aliphatic rings. The molecule has 106 valence electrons. The van der Waals surface area contributed by atoms with E-state index in [1.807, 2.05) is 18.5 Å². The number of halogens is 1. The summed E-state index contributed by atoms with van der Waals surface area (Å²) in [6.45, 7) is 2.88. The van der Waals surface area contributed by atoms with Gasteiger partial charge in [0.2, 0.25) is 0 Å². The van der Waals surface area contributed by atoms with Crippen LogP contribution in [0.2, 0.25) is 0 Å². The van der Waals surface area contributed by atoms with Crippen molar-refractivity contribution in [3.05, 3.63) is 53.9 Å². The number of aromatic nitrogens is 1. The van der Waals surface area contributed by atoms with Crippen LogP contribution in [0.5, 0.6) is 0 Å². The standard InChI is InChI=1S/C17H19NO.ClH/c1-2-19-17-8-7-13-10-14(5-6-15(13)11-17)16-4-3-9-18-12-16;/h3-6,9-10,12,17H,2,7-8,11H2,1H3;1H. The third kappa shape index (κ3) is 3.20. The number of hydrogen-bond acceptors (Lipinski definition) is 2. The number of hydrogen-bond donors (Lipinski definition) is 0. The number of pyridine rings is 1. The molecule has 0 fully saturated rings. The zero-order chi connectivity index (χ0) is 13.1. The molecule has 0 N–H and O–H groups in total. The van der Waals surface area contributed by atoms with Crippen LogP contribution < -0.4 is 0 Å². The molecule has 0 aliphatic heterocycles. The molecular weight excluding hydrogens is 270 g/mol. The van der Waals surface area contributed by atoms with Crippen molar-refractivity contribution in [2.45, 2.75) is 32.3 Å². The van der Waals surface area contributed by atoms with Crippen LogP contribution in [0.3, 0.4) is 0 Å². The largest absolute Gasteiger partial charge is 0.378 e. The van der Waals surface area contributed by atoms with Crippen molar-refractivity contribution >= 4 is 12.4 Å². The molecule has 0 amide bonds. The molecule has 0 radical (unpaired) electrons. The molecule has 0 saturated heterocycles. The Morgan fingerprint density at radius 1 is 1.20 bits per heavy atom. The topological polar surface area (TPSA) is 22.1 Å². The van der Waals surface area contributed by atoms with Gasteiger partial charge in [0.25, 0.3) is 0 Å². The van der Waals surface area contributed by atoms with Crippen LogP contribution in [0.25, 0.3) is 11.1 Å². The van der Waals surface area contributed by atoms with Crippen molar-refractivity contribution in [2.24, 2.45) is 0 Å². The molecule has 0 bridgehead atoms. The molecule has 3 rings (SSSR count). The van der Waals surface area contributed by atoms with Gasteiger partial charge in [-0.15, -0.1) is 12.4 Å². The zero-order valence-corrected chi connectivity index (χ0v) is 12.5. The smallest absolute Gasteiger partial charge is 0.0618 e. The summed E-state index contributed by atoms with van der Waals surface area (Å²) in [4.78, 5) is 4.19. The number of benzene rings is 1. The summed E-state index contributed by atoms with van der Waals surface area (Å²) < 4.78 is 5.74. The highest BCUT2D eigenvalue weighted by Gasteiger charge is 2.18. The van der Waals surface area contributed by atoms with E-state index in [2.05, 4.69) is 36.2 Å². The van der Waals surface area contributed by atoms with Crippen LogP contribution in [0, 0.1) is 0 Å². The number of rotatable bonds is 3. The fourth-order valence-electron chi connectivity index (χ4n) is 2.81. The second-order valence-electron chi connectivity index (χ2n) is 5.05. The normalized spacial score (nSPS) is 17.1. The Labute approximate surface area is 126 Å².